The van der Waals surface area contributed by atoms with Gasteiger partial charge in [0, 0.05) is 31.5 Å². The van der Waals surface area contributed by atoms with Gasteiger partial charge in [-0.2, -0.15) is 0 Å². The molecule has 1 fully saturated rings. The normalized spacial score (nSPS) is 21.3. The molecule has 1 aromatic heterocycles. The van der Waals surface area contributed by atoms with E-state index in [4.69, 9.17) is 5.73 Å². The summed E-state index contributed by atoms with van der Waals surface area (Å²) >= 11 is 0. The fraction of sp³-hybridized carbons (Fsp3) is 0.692. The van der Waals surface area contributed by atoms with Gasteiger partial charge in [-0.05, 0) is 19.8 Å². The van der Waals surface area contributed by atoms with Crippen molar-refractivity contribution < 1.29 is 5.11 Å². The molecule has 0 aromatic carbocycles. The molecule has 1 aliphatic rings. The molecule has 18 heavy (non-hydrogen) atoms. The molecular formula is C13H22N4O. The van der Waals surface area contributed by atoms with E-state index >= 15 is 0 Å². The van der Waals surface area contributed by atoms with Crippen LogP contribution in [0.2, 0.25) is 0 Å². The van der Waals surface area contributed by atoms with E-state index in [1.54, 1.807) is 0 Å². The van der Waals surface area contributed by atoms with Gasteiger partial charge in [0.15, 0.2) is 0 Å². The number of aliphatic hydroxyl groups is 1. The Labute approximate surface area is 108 Å². The zero-order valence-corrected chi connectivity index (χ0v) is 11.1. The third-order valence-electron chi connectivity index (χ3n) is 3.48. The Balaban J connectivity index is 2.13. The van der Waals surface area contributed by atoms with Crippen LogP contribution in [-0.4, -0.2) is 34.3 Å². The van der Waals surface area contributed by atoms with Crippen molar-refractivity contribution in [3.05, 3.63) is 11.9 Å². The average molecular weight is 250 g/mol. The summed E-state index contributed by atoms with van der Waals surface area (Å²) in [7, 11) is 0. The van der Waals surface area contributed by atoms with Crippen LogP contribution in [0.3, 0.4) is 0 Å². The molecule has 1 aliphatic heterocycles. The Morgan fingerprint density at radius 3 is 2.94 bits per heavy atom. The minimum Gasteiger partial charge on any atom is -0.393 e. The minimum atomic E-state index is -0.260. The summed E-state index contributed by atoms with van der Waals surface area (Å²) < 4.78 is 0. The highest BCUT2D eigenvalue weighted by atomic mass is 16.3. The second-order valence-corrected chi connectivity index (χ2v) is 5.05. The monoisotopic (exact) mass is 250 g/mol. The quantitative estimate of drug-likeness (QED) is 0.840. The van der Waals surface area contributed by atoms with Crippen molar-refractivity contribution in [1.29, 1.82) is 0 Å². The van der Waals surface area contributed by atoms with Gasteiger partial charge >= 0.3 is 0 Å². The van der Waals surface area contributed by atoms with Gasteiger partial charge in [-0.3, -0.25) is 0 Å². The average Bonchev–Trinajstić information content (AvgIpc) is 2.78. The first-order valence-electron chi connectivity index (χ1n) is 6.66. The third-order valence-corrected chi connectivity index (χ3v) is 3.48. The SMILES string of the molecule is CCCc1nc(N)cc(N2CCC(C(C)O)C2)n1. The molecule has 5 nitrogen and oxygen atoms in total. The molecule has 2 atom stereocenters. The third kappa shape index (κ3) is 2.90. The predicted molar refractivity (Wildman–Crippen MR) is 72.4 cm³/mol. The lowest BCUT2D eigenvalue weighted by Crippen LogP contribution is -2.25. The first-order valence-corrected chi connectivity index (χ1v) is 6.66. The Hall–Kier alpha value is -1.36. The lowest BCUT2D eigenvalue weighted by atomic mass is 10.0. The lowest BCUT2D eigenvalue weighted by molar-refractivity contribution is 0.136. The number of anilines is 2. The van der Waals surface area contributed by atoms with Gasteiger partial charge in [0.2, 0.25) is 0 Å². The molecule has 2 unspecified atom stereocenters. The van der Waals surface area contributed by atoms with E-state index < -0.39 is 0 Å². The molecule has 1 saturated heterocycles. The fourth-order valence-electron chi connectivity index (χ4n) is 2.39. The van der Waals surface area contributed by atoms with E-state index in [0.29, 0.717) is 11.7 Å². The topological polar surface area (TPSA) is 75.3 Å². The first-order chi connectivity index (χ1) is 8.60. The van der Waals surface area contributed by atoms with Crippen LogP contribution >= 0.6 is 0 Å². The van der Waals surface area contributed by atoms with Crippen LogP contribution in [-0.2, 0) is 6.42 Å². The first kappa shape index (κ1) is 13.1. The van der Waals surface area contributed by atoms with Crippen molar-refractivity contribution in [2.24, 2.45) is 5.92 Å². The maximum atomic E-state index is 9.63. The van der Waals surface area contributed by atoms with Crippen molar-refractivity contribution in [3.8, 4) is 0 Å². The molecule has 0 aliphatic carbocycles. The van der Waals surface area contributed by atoms with Gasteiger partial charge in [0.05, 0.1) is 6.10 Å². The van der Waals surface area contributed by atoms with E-state index in [1.807, 2.05) is 13.0 Å². The molecule has 100 valence electrons. The number of nitrogens with two attached hydrogens (primary N) is 1. The van der Waals surface area contributed by atoms with Gasteiger partial charge in [0.25, 0.3) is 0 Å². The van der Waals surface area contributed by atoms with Gasteiger partial charge < -0.3 is 15.7 Å². The number of hydrogen-bond donors (Lipinski definition) is 2. The van der Waals surface area contributed by atoms with Crippen molar-refractivity contribution in [2.45, 2.75) is 39.2 Å². The summed E-state index contributed by atoms with van der Waals surface area (Å²) in [5, 5.41) is 9.63. The van der Waals surface area contributed by atoms with Crippen LogP contribution in [0.4, 0.5) is 11.6 Å². The standard InChI is InChI=1S/C13H22N4O/c1-3-4-12-15-11(14)7-13(16-12)17-6-5-10(8-17)9(2)18/h7,9-10,18H,3-6,8H2,1-2H3,(H2,14,15,16). The van der Waals surface area contributed by atoms with Gasteiger partial charge in [0.1, 0.15) is 17.5 Å². The van der Waals surface area contributed by atoms with Crippen LogP contribution in [0.15, 0.2) is 6.07 Å². The smallest absolute Gasteiger partial charge is 0.134 e. The molecule has 5 heteroatoms. The summed E-state index contributed by atoms with van der Waals surface area (Å²) in [6, 6.07) is 1.82. The number of aromatic nitrogens is 2. The van der Waals surface area contributed by atoms with E-state index in [9.17, 15) is 5.11 Å². The lowest BCUT2D eigenvalue weighted by Gasteiger charge is -2.19. The highest BCUT2D eigenvalue weighted by Gasteiger charge is 2.27. The van der Waals surface area contributed by atoms with Crippen LogP contribution < -0.4 is 10.6 Å². The van der Waals surface area contributed by atoms with Crippen molar-refractivity contribution in [2.75, 3.05) is 23.7 Å². The molecule has 0 amide bonds. The second-order valence-electron chi connectivity index (χ2n) is 5.05. The molecule has 0 bridgehead atoms. The van der Waals surface area contributed by atoms with E-state index in [-0.39, 0.29) is 6.10 Å². The van der Waals surface area contributed by atoms with E-state index in [2.05, 4.69) is 21.8 Å². The fourth-order valence-corrected chi connectivity index (χ4v) is 2.39. The van der Waals surface area contributed by atoms with Crippen molar-refractivity contribution in [1.82, 2.24) is 9.97 Å². The van der Waals surface area contributed by atoms with Crippen molar-refractivity contribution in [3.63, 3.8) is 0 Å². The molecule has 2 rings (SSSR count). The molecular weight excluding hydrogens is 228 g/mol. The summed E-state index contributed by atoms with van der Waals surface area (Å²) in [5.41, 5.74) is 5.82. The van der Waals surface area contributed by atoms with Crippen molar-refractivity contribution >= 4 is 11.6 Å². The number of nitrogen functional groups attached to an aromatic ring is 1. The Morgan fingerprint density at radius 2 is 2.33 bits per heavy atom. The summed E-state index contributed by atoms with van der Waals surface area (Å²) in [6.45, 7) is 5.73. The molecule has 0 radical (unpaired) electrons. The predicted octanol–water partition coefficient (Wildman–Crippen LogP) is 1.22. The van der Waals surface area contributed by atoms with E-state index in [1.165, 1.54) is 0 Å². The Bertz CT molecular complexity index is 408. The largest absolute Gasteiger partial charge is 0.393 e. The zero-order valence-electron chi connectivity index (χ0n) is 11.1. The number of aryl methyl sites for hydroxylation is 1. The van der Waals surface area contributed by atoms with Crippen LogP contribution in [0.25, 0.3) is 0 Å². The Morgan fingerprint density at radius 1 is 1.56 bits per heavy atom. The van der Waals surface area contributed by atoms with Crippen LogP contribution in [0.5, 0.6) is 0 Å². The number of nitrogens with zero attached hydrogens (tertiary/aromatic N) is 3. The number of rotatable bonds is 4. The molecule has 1 aromatic rings. The van der Waals surface area contributed by atoms with Gasteiger partial charge in [-0.15, -0.1) is 0 Å². The summed E-state index contributed by atoms with van der Waals surface area (Å²) in [4.78, 5) is 11.0. The number of hydrogen-bond acceptors (Lipinski definition) is 5. The maximum absolute atomic E-state index is 9.63. The summed E-state index contributed by atoms with van der Waals surface area (Å²) in [5.74, 6) is 2.57. The Kier molecular flexibility index (Phi) is 4.01. The number of aliphatic hydroxyl groups excluding tert-OH is 1. The zero-order chi connectivity index (χ0) is 13.1. The molecule has 0 saturated carbocycles. The molecule has 3 N–H and O–H groups in total. The second kappa shape index (κ2) is 5.52. The van der Waals surface area contributed by atoms with E-state index in [0.717, 1.165) is 44.0 Å². The molecule has 0 spiro atoms. The maximum Gasteiger partial charge on any atom is 0.134 e. The van der Waals surface area contributed by atoms with Crippen LogP contribution in [0.1, 0.15) is 32.5 Å². The highest BCUT2D eigenvalue weighted by molar-refractivity contribution is 5.47. The summed E-state index contributed by atoms with van der Waals surface area (Å²) in [6.07, 6.45) is 2.61. The molecule has 2 heterocycles. The van der Waals surface area contributed by atoms with Crippen LogP contribution in [0, 0.1) is 5.92 Å². The van der Waals surface area contributed by atoms with Gasteiger partial charge in [-0.25, -0.2) is 9.97 Å². The minimum absolute atomic E-state index is 0.260. The highest BCUT2D eigenvalue weighted by Crippen LogP contribution is 2.25. The van der Waals surface area contributed by atoms with Gasteiger partial charge in [-0.1, -0.05) is 6.92 Å².